The van der Waals surface area contributed by atoms with Gasteiger partial charge in [-0.25, -0.2) is 0 Å². The van der Waals surface area contributed by atoms with Crippen LogP contribution in [0.25, 0.3) is 0 Å². The van der Waals surface area contributed by atoms with Crippen molar-refractivity contribution in [1.29, 1.82) is 0 Å². The van der Waals surface area contributed by atoms with E-state index in [1.807, 2.05) is 44.2 Å². The van der Waals surface area contributed by atoms with Crippen molar-refractivity contribution in [3.05, 3.63) is 48.0 Å². The zero-order chi connectivity index (χ0) is 19.9. The maximum absolute atomic E-state index is 11.8. The summed E-state index contributed by atoms with van der Waals surface area (Å²) in [5, 5.41) is 9.96. The molecule has 1 unspecified atom stereocenters. The Labute approximate surface area is 163 Å². The normalized spacial score (nSPS) is 12.4. The van der Waals surface area contributed by atoms with Crippen LogP contribution in [0.15, 0.2) is 42.5 Å². The van der Waals surface area contributed by atoms with Gasteiger partial charge in [0.05, 0.1) is 12.2 Å². The first-order valence-electron chi connectivity index (χ1n) is 10.1. The van der Waals surface area contributed by atoms with Gasteiger partial charge in [-0.2, -0.15) is 0 Å². The molecule has 150 valence electrons. The molecule has 4 heteroatoms. The lowest BCUT2D eigenvalue weighted by Gasteiger charge is -2.07. The van der Waals surface area contributed by atoms with Gasteiger partial charge < -0.3 is 9.84 Å². The van der Waals surface area contributed by atoms with E-state index in [0.717, 1.165) is 44.1 Å². The summed E-state index contributed by atoms with van der Waals surface area (Å²) in [7, 11) is 0. The standard InChI is InChI=1S/C23H34O4/c1-19(2)27-23(26)15-11-6-4-3-5-10-14-21(24)16-17-22(25)18-20-12-8-7-9-13-20/h7-9,12-13,16-17,19,22,25H,3-6,10-11,14-15,18H2,1-2H3/b17-16+. The summed E-state index contributed by atoms with van der Waals surface area (Å²) in [6, 6.07) is 9.75. The summed E-state index contributed by atoms with van der Waals surface area (Å²) in [5.41, 5.74) is 1.06. The van der Waals surface area contributed by atoms with Crippen LogP contribution in [-0.4, -0.2) is 29.1 Å². The predicted octanol–water partition coefficient (Wildman–Crippen LogP) is 4.79. The number of rotatable bonds is 14. The number of aliphatic hydroxyl groups excluding tert-OH is 1. The molecule has 0 aromatic heterocycles. The molecule has 0 saturated heterocycles. The molecular formula is C23H34O4. The molecule has 0 heterocycles. The highest BCUT2D eigenvalue weighted by molar-refractivity contribution is 5.89. The van der Waals surface area contributed by atoms with E-state index in [0.29, 0.717) is 19.3 Å². The number of allylic oxidation sites excluding steroid dienone is 1. The van der Waals surface area contributed by atoms with Crippen LogP contribution in [-0.2, 0) is 20.7 Å². The van der Waals surface area contributed by atoms with E-state index in [4.69, 9.17) is 4.74 Å². The van der Waals surface area contributed by atoms with Crippen LogP contribution in [0.2, 0.25) is 0 Å². The molecule has 0 aliphatic rings. The number of hydrogen-bond donors (Lipinski definition) is 1. The third-order valence-corrected chi connectivity index (χ3v) is 4.21. The van der Waals surface area contributed by atoms with Crippen molar-refractivity contribution in [2.24, 2.45) is 0 Å². The molecule has 27 heavy (non-hydrogen) atoms. The fourth-order valence-electron chi connectivity index (χ4n) is 2.82. The number of esters is 1. The van der Waals surface area contributed by atoms with Crippen molar-refractivity contribution >= 4 is 11.8 Å². The maximum atomic E-state index is 11.8. The van der Waals surface area contributed by atoms with Gasteiger partial charge in [0.25, 0.3) is 0 Å². The van der Waals surface area contributed by atoms with Crippen molar-refractivity contribution in [3.8, 4) is 0 Å². The largest absolute Gasteiger partial charge is 0.463 e. The van der Waals surface area contributed by atoms with Gasteiger partial charge in [0.2, 0.25) is 0 Å². The highest BCUT2D eigenvalue weighted by Gasteiger charge is 2.05. The molecule has 0 spiro atoms. The van der Waals surface area contributed by atoms with E-state index in [9.17, 15) is 14.7 Å². The van der Waals surface area contributed by atoms with Crippen LogP contribution in [0.1, 0.15) is 70.8 Å². The summed E-state index contributed by atoms with van der Waals surface area (Å²) in [6.07, 6.45) is 9.90. The van der Waals surface area contributed by atoms with Crippen molar-refractivity contribution < 1.29 is 19.4 Å². The number of benzene rings is 1. The zero-order valence-corrected chi connectivity index (χ0v) is 16.7. The summed E-state index contributed by atoms with van der Waals surface area (Å²) in [5.74, 6) is -0.0459. The number of ether oxygens (including phenoxy) is 1. The average Bonchev–Trinajstić information content (AvgIpc) is 2.62. The lowest BCUT2D eigenvalue weighted by Crippen LogP contribution is -2.10. The van der Waals surface area contributed by atoms with Gasteiger partial charge in [-0.15, -0.1) is 0 Å². The number of hydrogen-bond acceptors (Lipinski definition) is 4. The molecule has 1 atom stereocenters. The van der Waals surface area contributed by atoms with E-state index in [1.165, 1.54) is 6.08 Å². The molecule has 1 aromatic rings. The molecule has 1 aromatic carbocycles. The molecule has 0 aliphatic heterocycles. The van der Waals surface area contributed by atoms with Crippen LogP contribution in [0.4, 0.5) is 0 Å². The molecule has 4 nitrogen and oxygen atoms in total. The van der Waals surface area contributed by atoms with Crippen molar-refractivity contribution in [2.45, 2.75) is 83.8 Å². The molecule has 0 bridgehead atoms. The summed E-state index contributed by atoms with van der Waals surface area (Å²) in [6.45, 7) is 3.72. The van der Waals surface area contributed by atoms with E-state index < -0.39 is 6.10 Å². The monoisotopic (exact) mass is 374 g/mol. The minimum atomic E-state index is -0.626. The minimum Gasteiger partial charge on any atom is -0.463 e. The number of carbonyl (C=O) groups is 2. The Morgan fingerprint density at radius 3 is 2.19 bits per heavy atom. The van der Waals surface area contributed by atoms with Crippen LogP contribution in [0.3, 0.4) is 0 Å². The minimum absolute atomic E-state index is 0.0384. The molecule has 0 fully saturated rings. The third kappa shape index (κ3) is 13.0. The number of ketones is 1. The summed E-state index contributed by atoms with van der Waals surface area (Å²) < 4.78 is 5.09. The van der Waals surface area contributed by atoms with Gasteiger partial charge in [0.1, 0.15) is 0 Å². The van der Waals surface area contributed by atoms with E-state index in [1.54, 1.807) is 6.08 Å². The van der Waals surface area contributed by atoms with E-state index in [-0.39, 0.29) is 17.9 Å². The van der Waals surface area contributed by atoms with Crippen molar-refractivity contribution in [1.82, 2.24) is 0 Å². The van der Waals surface area contributed by atoms with Crippen LogP contribution in [0.5, 0.6) is 0 Å². The molecule has 0 aliphatic carbocycles. The maximum Gasteiger partial charge on any atom is 0.306 e. The molecule has 0 amide bonds. The summed E-state index contributed by atoms with van der Waals surface area (Å²) >= 11 is 0. The highest BCUT2D eigenvalue weighted by atomic mass is 16.5. The Bertz CT molecular complexity index is 563. The predicted molar refractivity (Wildman–Crippen MR) is 108 cm³/mol. The van der Waals surface area contributed by atoms with Gasteiger partial charge in [0, 0.05) is 19.3 Å². The first-order chi connectivity index (χ1) is 13.0. The first-order valence-corrected chi connectivity index (χ1v) is 10.1. The van der Waals surface area contributed by atoms with Crippen LogP contribution in [0, 0.1) is 0 Å². The highest BCUT2D eigenvalue weighted by Crippen LogP contribution is 2.10. The molecular weight excluding hydrogens is 340 g/mol. The van der Waals surface area contributed by atoms with Crippen molar-refractivity contribution in [2.75, 3.05) is 0 Å². The van der Waals surface area contributed by atoms with E-state index >= 15 is 0 Å². The Morgan fingerprint density at radius 1 is 0.963 bits per heavy atom. The van der Waals surface area contributed by atoms with Crippen LogP contribution >= 0.6 is 0 Å². The van der Waals surface area contributed by atoms with Gasteiger partial charge in [-0.3, -0.25) is 9.59 Å². The third-order valence-electron chi connectivity index (χ3n) is 4.21. The molecule has 0 radical (unpaired) electrons. The Hall–Kier alpha value is -1.94. The average molecular weight is 375 g/mol. The second kappa shape index (κ2) is 14.2. The van der Waals surface area contributed by atoms with Gasteiger partial charge >= 0.3 is 5.97 Å². The first kappa shape index (κ1) is 23.1. The second-order valence-electron chi connectivity index (χ2n) is 7.24. The summed E-state index contributed by atoms with van der Waals surface area (Å²) in [4.78, 5) is 23.2. The Balaban J connectivity index is 2.01. The second-order valence-corrected chi connectivity index (χ2v) is 7.24. The zero-order valence-electron chi connectivity index (χ0n) is 16.7. The fourth-order valence-corrected chi connectivity index (χ4v) is 2.82. The smallest absolute Gasteiger partial charge is 0.306 e. The molecule has 1 N–H and O–H groups in total. The number of carbonyl (C=O) groups excluding carboxylic acids is 2. The Kier molecular flexibility index (Phi) is 12.1. The van der Waals surface area contributed by atoms with Gasteiger partial charge in [0.15, 0.2) is 5.78 Å². The Morgan fingerprint density at radius 2 is 1.56 bits per heavy atom. The van der Waals surface area contributed by atoms with Gasteiger partial charge in [-0.05, 0) is 38.3 Å². The van der Waals surface area contributed by atoms with Gasteiger partial charge in [-0.1, -0.05) is 62.1 Å². The fraction of sp³-hybridized carbons (Fsp3) is 0.565. The number of unbranched alkanes of at least 4 members (excludes halogenated alkanes) is 5. The lowest BCUT2D eigenvalue weighted by atomic mass is 10.0. The SMILES string of the molecule is CC(C)OC(=O)CCCCCCCCC(=O)/C=C/C(O)Cc1ccccc1. The quantitative estimate of drug-likeness (QED) is 0.289. The number of aliphatic hydroxyl groups is 1. The lowest BCUT2D eigenvalue weighted by molar-refractivity contribution is -0.147. The molecule has 1 rings (SSSR count). The van der Waals surface area contributed by atoms with E-state index in [2.05, 4.69) is 0 Å². The van der Waals surface area contributed by atoms with Crippen molar-refractivity contribution in [3.63, 3.8) is 0 Å². The topological polar surface area (TPSA) is 63.6 Å². The molecule has 0 saturated carbocycles. The van der Waals surface area contributed by atoms with Crippen LogP contribution < -0.4 is 0 Å².